The highest BCUT2D eigenvalue weighted by Gasteiger charge is 2.18. The van der Waals surface area contributed by atoms with Crippen molar-refractivity contribution in [3.05, 3.63) is 64.4 Å². The average molecular weight is 344 g/mol. The first-order chi connectivity index (χ1) is 10.3. The molecule has 3 N–H and O–H groups in total. The van der Waals surface area contributed by atoms with Crippen LogP contribution in [0.5, 0.6) is 5.75 Å². The highest BCUT2D eigenvalue weighted by atomic mass is 35.5. The summed E-state index contributed by atoms with van der Waals surface area (Å²) in [7, 11) is 0. The van der Waals surface area contributed by atoms with E-state index >= 15 is 0 Å². The number of H-pyrrole nitrogens is 2. The second kappa shape index (κ2) is 6.04. The Kier molecular flexibility index (Phi) is 4.34. The molecule has 10 heteroatoms. The van der Waals surface area contributed by atoms with Gasteiger partial charge in [-0.05, 0) is 23.8 Å². The topological polar surface area (TPSA) is 129 Å². The van der Waals surface area contributed by atoms with Gasteiger partial charge in [-0.3, -0.25) is 19.9 Å². The van der Waals surface area contributed by atoms with Crippen molar-refractivity contribution in [1.82, 2.24) is 9.97 Å². The van der Waals surface area contributed by atoms with E-state index in [0.29, 0.717) is 5.56 Å². The van der Waals surface area contributed by atoms with Crippen LogP contribution in [0.4, 0.5) is 5.69 Å². The highest BCUT2D eigenvalue weighted by molar-refractivity contribution is 6.37. The number of hydrogen-bond donors (Lipinski definition) is 3. The molecule has 0 aliphatic heterocycles. The molecular formula is C12H7Cl2N3O5. The SMILES string of the molecule is O=c1[nH]c(/C=C/c2cc(Cl)c(O)c(Cl)c2)c([N+](=O)[O-])c(=O)[nH]1. The molecular weight excluding hydrogens is 337 g/mol. The molecule has 1 aromatic heterocycles. The molecule has 114 valence electrons. The molecule has 0 unspecified atom stereocenters. The van der Waals surface area contributed by atoms with Gasteiger partial charge in [0.2, 0.25) is 0 Å². The minimum Gasteiger partial charge on any atom is -0.505 e. The second-order valence-electron chi connectivity index (χ2n) is 4.09. The molecule has 0 aliphatic rings. The highest BCUT2D eigenvalue weighted by Crippen LogP contribution is 2.33. The summed E-state index contributed by atoms with van der Waals surface area (Å²) in [6.45, 7) is 0. The lowest BCUT2D eigenvalue weighted by Crippen LogP contribution is -2.25. The maximum atomic E-state index is 11.4. The van der Waals surface area contributed by atoms with Gasteiger partial charge in [-0.25, -0.2) is 4.79 Å². The lowest BCUT2D eigenvalue weighted by Gasteiger charge is -2.01. The molecule has 0 amide bonds. The van der Waals surface area contributed by atoms with Gasteiger partial charge in [0.05, 0.1) is 15.0 Å². The number of nitro groups is 1. The zero-order chi connectivity index (χ0) is 16.4. The Bertz CT molecular complexity index is 877. The zero-order valence-electron chi connectivity index (χ0n) is 10.6. The van der Waals surface area contributed by atoms with Crippen LogP contribution in [0.3, 0.4) is 0 Å². The second-order valence-corrected chi connectivity index (χ2v) is 4.91. The number of nitrogens with one attached hydrogen (secondary N) is 2. The Morgan fingerprint density at radius 1 is 1.14 bits per heavy atom. The van der Waals surface area contributed by atoms with Gasteiger partial charge in [-0.2, -0.15) is 0 Å². The first-order valence-electron chi connectivity index (χ1n) is 5.66. The van der Waals surface area contributed by atoms with Crippen molar-refractivity contribution in [3.63, 3.8) is 0 Å². The normalized spacial score (nSPS) is 11.0. The van der Waals surface area contributed by atoms with Gasteiger partial charge < -0.3 is 10.1 Å². The lowest BCUT2D eigenvalue weighted by molar-refractivity contribution is -0.386. The van der Waals surface area contributed by atoms with Crippen LogP contribution in [0.1, 0.15) is 11.3 Å². The number of nitrogens with zero attached hydrogens (tertiary/aromatic N) is 1. The molecule has 2 rings (SSSR count). The molecule has 0 radical (unpaired) electrons. The van der Waals surface area contributed by atoms with Crippen molar-refractivity contribution in [2.24, 2.45) is 0 Å². The molecule has 2 aromatic rings. The van der Waals surface area contributed by atoms with E-state index in [9.17, 15) is 24.8 Å². The molecule has 22 heavy (non-hydrogen) atoms. The smallest absolute Gasteiger partial charge is 0.357 e. The fraction of sp³-hybridized carbons (Fsp3) is 0. The van der Waals surface area contributed by atoms with Gasteiger partial charge in [0.15, 0.2) is 5.75 Å². The third kappa shape index (κ3) is 3.18. The Morgan fingerprint density at radius 3 is 2.27 bits per heavy atom. The summed E-state index contributed by atoms with van der Waals surface area (Å²) in [4.78, 5) is 36.5. The standard InChI is InChI=1S/C12H7Cl2N3O5/c13-6-3-5(4-7(14)10(6)18)1-2-8-9(17(21)22)11(19)16-12(20)15-8/h1-4,18H,(H2,15,16,19,20)/b2-1+. The number of halogens is 2. The zero-order valence-corrected chi connectivity index (χ0v) is 12.1. The molecule has 0 bridgehead atoms. The van der Waals surface area contributed by atoms with Crippen molar-refractivity contribution >= 4 is 41.0 Å². The van der Waals surface area contributed by atoms with E-state index in [0.717, 1.165) is 6.08 Å². The van der Waals surface area contributed by atoms with Crippen molar-refractivity contribution in [3.8, 4) is 5.75 Å². The molecule has 1 heterocycles. The van der Waals surface area contributed by atoms with E-state index in [1.54, 1.807) is 4.98 Å². The summed E-state index contributed by atoms with van der Waals surface area (Å²) in [5.74, 6) is -0.295. The van der Waals surface area contributed by atoms with Crippen LogP contribution < -0.4 is 11.2 Å². The maximum absolute atomic E-state index is 11.4. The van der Waals surface area contributed by atoms with Crippen LogP contribution in [0.15, 0.2) is 21.7 Å². The fourth-order valence-corrected chi connectivity index (χ4v) is 2.16. The van der Waals surface area contributed by atoms with Gasteiger partial charge in [-0.1, -0.05) is 29.3 Å². The minimum atomic E-state index is -1.12. The minimum absolute atomic E-state index is 0.0129. The molecule has 0 saturated carbocycles. The lowest BCUT2D eigenvalue weighted by atomic mass is 10.2. The van der Waals surface area contributed by atoms with Crippen molar-refractivity contribution in [2.75, 3.05) is 0 Å². The van der Waals surface area contributed by atoms with E-state index in [1.165, 1.54) is 18.2 Å². The molecule has 0 aliphatic carbocycles. The third-order valence-electron chi connectivity index (χ3n) is 2.61. The van der Waals surface area contributed by atoms with E-state index in [1.807, 2.05) is 0 Å². The predicted octanol–water partition coefficient (Wildman–Crippen LogP) is 2.15. The maximum Gasteiger partial charge on any atom is 0.357 e. The van der Waals surface area contributed by atoms with Crippen LogP contribution in [0.25, 0.3) is 12.2 Å². The molecule has 8 nitrogen and oxygen atoms in total. The monoisotopic (exact) mass is 343 g/mol. The molecule has 1 aromatic carbocycles. The van der Waals surface area contributed by atoms with Crippen LogP contribution in [0.2, 0.25) is 10.0 Å². The van der Waals surface area contributed by atoms with E-state index in [2.05, 4.69) is 4.98 Å². The number of hydrogen-bond acceptors (Lipinski definition) is 5. The Labute approximate surface area is 131 Å². The number of benzene rings is 1. The van der Waals surface area contributed by atoms with Gasteiger partial charge in [-0.15, -0.1) is 0 Å². The van der Waals surface area contributed by atoms with Gasteiger partial charge in [0.1, 0.15) is 5.69 Å². The van der Waals surface area contributed by atoms with Crippen molar-refractivity contribution in [1.29, 1.82) is 0 Å². The average Bonchev–Trinajstić information content (AvgIpc) is 2.41. The molecule has 0 spiro atoms. The Balaban J connectivity index is 2.53. The van der Waals surface area contributed by atoms with Gasteiger partial charge >= 0.3 is 16.9 Å². The molecule has 0 fully saturated rings. The number of aromatic amines is 2. The van der Waals surface area contributed by atoms with Crippen LogP contribution in [-0.2, 0) is 0 Å². The largest absolute Gasteiger partial charge is 0.505 e. The third-order valence-corrected chi connectivity index (χ3v) is 3.19. The van der Waals surface area contributed by atoms with E-state index < -0.39 is 21.9 Å². The number of aromatic nitrogens is 2. The Hall–Kier alpha value is -2.58. The number of phenols is 1. The van der Waals surface area contributed by atoms with E-state index in [-0.39, 0.29) is 21.5 Å². The number of phenolic OH excluding ortho intramolecular Hbond substituents is 1. The van der Waals surface area contributed by atoms with Crippen LogP contribution in [-0.4, -0.2) is 20.0 Å². The quantitative estimate of drug-likeness (QED) is 0.580. The van der Waals surface area contributed by atoms with Crippen molar-refractivity contribution < 1.29 is 10.0 Å². The van der Waals surface area contributed by atoms with Gasteiger partial charge in [0.25, 0.3) is 0 Å². The number of aromatic hydroxyl groups is 1. The summed E-state index contributed by atoms with van der Waals surface area (Å²) in [5.41, 5.74) is -2.67. The fourth-order valence-electron chi connectivity index (χ4n) is 1.66. The summed E-state index contributed by atoms with van der Waals surface area (Å²) in [6, 6.07) is 2.72. The summed E-state index contributed by atoms with van der Waals surface area (Å²) in [5, 5.41) is 20.3. The molecule has 0 saturated heterocycles. The Morgan fingerprint density at radius 2 is 1.73 bits per heavy atom. The summed E-state index contributed by atoms with van der Waals surface area (Å²) < 4.78 is 0. The van der Waals surface area contributed by atoms with Gasteiger partial charge in [0, 0.05) is 0 Å². The molecule has 0 atom stereocenters. The van der Waals surface area contributed by atoms with Crippen LogP contribution >= 0.6 is 23.2 Å². The van der Waals surface area contributed by atoms with Crippen LogP contribution in [0, 0.1) is 10.1 Å². The number of rotatable bonds is 3. The summed E-state index contributed by atoms with van der Waals surface area (Å²) >= 11 is 11.5. The first kappa shape index (κ1) is 15.8. The predicted molar refractivity (Wildman–Crippen MR) is 81.4 cm³/mol. The van der Waals surface area contributed by atoms with E-state index in [4.69, 9.17) is 23.2 Å². The van der Waals surface area contributed by atoms with Crippen molar-refractivity contribution in [2.45, 2.75) is 0 Å². The first-order valence-corrected chi connectivity index (χ1v) is 6.42. The summed E-state index contributed by atoms with van der Waals surface area (Å²) in [6.07, 6.45) is 2.50.